The van der Waals surface area contributed by atoms with Crippen LogP contribution in [-0.2, 0) is 0 Å². The molecule has 0 saturated heterocycles. The van der Waals surface area contributed by atoms with Gasteiger partial charge in [0.1, 0.15) is 6.10 Å². The summed E-state index contributed by atoms with van der Waals surface area (Å²) in [6.07, 6.45) is 3.71. The smallest absolute Gasteiger partial charge is 0.167 e. The lowest BCUT2D eigenvalue weighted by Gasteiger charge is -2.24. The third kappa shape index (κ3) is 3.14. The lowest BCUT2D eigenvalue weighted by Crippen LogP contribution is -2.31. The van der Waals surface area contributed by atoms with Crippen LogP contribution in [0, 0.1) is 12.7 Å². The zero-order chi connectivity index (χ0) is 14.5. The Hall–Kier alpha value is -1.94. The molecular formula is C16H19FN2O. The Bertz CT molecular complexity index is 560. The van der Waals surface area contributed by atoms with Gasteiger partial charge in [-0.25, -0.2) is 4.39 Å². The molecule has 1 aromatic heterocycles. The Balaban J connectivity index is 2.31. The van der Waals surface area contributed by atoms with Crippen LogP contribution in [0.4, 0.5) is 4.39 Å². The molecule has 4 heteroatoms. The summed E-state index contributed by atoms with van der Waals surface area (Å²) in [7, 11) is 0. The number of nitrogens with zero attached hydrogens (tertiary/aromatic N) is 1. The Morgan fingerprint density at radius 3 is 2.75 bits per heavy atom. The van der Waals surface area contributed by atoms with Crippen molar-refractivity contribution in [2.24, 2.45) is 5.73 Å². The summed E-state index contributed by atoms with van der Waals surface area (Å²) in [4.78, 5) is 4.07. The van der Waals surface area contributed by atoms with Gasteiger partial charge in [0, 0.05) is 24.0 Å². The summed E-state index contributed by atoms with van der Waals surface area (Å²) in [5, 5.41) is 0. The van der Waals surface area contributed by atoms with Crippen molar-refractivity contribution < 1.29 is 9.13 Å². The highest BCUT2D eigenvalue weighted by Crippen LogP contribution is 2.28. The second-order valence-corrected chi connectivity index (χ2v) is 4.78. The van der Waals surface area contributed by atoms with E-state index in [1.807, 2.05) is 19.1 Å². The van der Waals surface area contributed by atoms with Gasteiger partial charge in [0.05, 0.1) is 0 Å². The van der Waals surface area contributed by atoms with Crippen molar-refractivity contribution in [3.05, 3.63) is 59.7 Å². The highest BCUT2D eigenvalue weighted by atomic mass is 19.1. The molecule has 0 saturated carbocycles. The van der Waals surface area contributed by atoms with E-state index in [0.717, 1.165) is 12.0 Å². The molecule has 2 unspecified atom stereocenters. The van der Waals surface area contributed by atoms with Crippen LogP contribution < -0.4 is 10.5 Å². The number of aryl methyl sites for hydroxylation is 1. The van der Waals surface area contributed by atoms with Crippen LogP contribution in [-0.4, -0.2) is 11.0 Å². The highest BCUT2D eigenvalue weighted by molar-refractivity contribution is 5.31. The molecule has 0 spiro atoms. The van der Waals surface area contributed by atoms with Gasteiger partial charge in [0.2, 0.25) is 0 Å². The molecule has 1 heterocycles. The van der Waals surface area contributed by atoms with Gasteiger partial charge in [0.25, 0.3) is 0 Å². The van der Waals surface area contributed by atoms with Crippen LogP contribution in [0.3, 0.4) is 0 Å². The molecule has 1 aromatic carbocycles. The first-order valence-corrected chi connectivity index (χ1v) is 6.70. The minimum atomic E-state index is -0.412. The average Bonchev–Trinajstić information content (AvgIpc) is 2.49. The van der Waals surface area contributed by atoms with Crippen LogP contribution in [0.5, 0.6) is 5.75 Å². The van der Waals surface area contributed by atoms with E-state index < -0.39 is 6.10 Å². The predicted octanol–water partition coefficient (Wildman–Crippen LogP) is 3.39. The first-order valence-electron chi connectivity index (χ1n) is 6.70. The van der Waals surface area contributed by atoms with Crippen molar-refractivity contribution in [3.63, 3.8) is 0 Å². The summed E-state index contributed by atoms with van der Waals surface area (Å²) < 4.78 is 19.9. The second kappa shape index (κ2) is 6.48. The quantitative estimate of drug-likeness (QED) is 0.909. The number of benzene rings is 1. The molecule has 0 aliphatic heterocycles. The lowest BCUT2D eigenvalue weighted by molar-refractivity contribution is 0.163. The summed E-state index contributed by atoms with van der Waals surface area (Å²) in [5.41, 5.74) is 7.51. The summed E-state index contributed by atoms with van der Waals surface area (Å²) in [6, 6.07) is 8.58. The van der Waals surface area contributed by atoms with E-state index in [1.165, 1.54) is 0 Å². The number of aromatic nitrogens is 1. The molecule has 0 radical (unpaired) electrons. The maximum absolute atomic E-state index is 14.1. The van der Waals surface area contributed by atoms with E-state index in [4.69, 9.17) is 10.5 Å². The fourth-order valence-corrected chi connectivity index (χ4v) is 2.01. The van der Waals surface area contributed by atoms with Crippen LogP contribution in [0.2, 0.25) is 0 Å². The standard InChI is InChI=1S/C16H19FN2O/c1-3-13(18)16(12-7-5-9-19-10-12)20-14-8-4-6-11(2)15(14)17/h4-10,13,16H,3,18H2,1-2H3. The summed E-state index contributed by atoms with van der Waals surface area (Å²) in [6.45, 7) is 3.69. The first-order chi connectivity index (χ1) is 9.63. The van der Waals surface area contributed by atoms with Gasteiger partial charge in [-0.1, -0.05) is 25.1 Å². The molecule has 0 aliphatic carbocycles. The summed E-state index contributed by atoms with van der Waals surface area (Å²) >= 11 is 0. The molecule has 0 aliphatic rings. The van der Waals surface area contributed by atoms with Crippen LogP contribution in [0.25, 0.3) is 0 Å². The van der Waals surface area contributed by atoms with Gasteiger partial charge in [-0.2, -0.15) is 0 Å². The zero-order valence-electron chi connectivity index (χ0n) is 11.7. The van der Waals surface area contributed by atoms with E-state index >= 15 is 0 Å². The normalized spacial score (nSPS) is 13.8. The minimum Gasteiger partial charge on any atom is -0.481 e. The molecule has 0 amide bonds. The van der Waals surface area contributed by atoms with Gasteiger partial charge in [-0.3, -0.25) is 4.98 Å². The number of rotatable bonds is 5. The monoisotopic (exact) mass is 274 g/mol. The molecule has 20 heavy (non-hydrogen) atoms. The number of hydrogen-bond acceptors (Lipinski definition) is 3. The Labute approximate surface area is 118 Å². The fraction of sp³-hybridized carbons (Fsp3) is 0.312. The SMILES string of the molecule is CCC(N)C(Oc1cccc(C)c1F)c1cccnc1. The van der Waals surface area contributed by atoms with Crippen molar-refractivity contribution in [1.82, 2.24) is 4.98 Å². The molecule has 2 aromatic rings. The minimum absolute atomic E-state index is 0.223. The van der Waals surface area contributed by atoms with E-state index in [9.17, 15) is 4.39 Å². The molecule has 2 N–H and O–H groups in total. The van der Waals surface area contributed by atoms with Gasteiger partial charge >= 0.3 is 0 Å². The molecule has 0 fully saturated rings. The van der Waals surface area contributed by atoms with Gasteiger partial charge in [-0.15, -0.1) is 0 Å². The zero-order valence-corrected chi connectivity index (χ0v) is 11.7. The lowest BCUT2D eigenvalue weighted by atomic mass is 10.0. The van der Waals surface area contributed by atoms with Gasteiger partial charge in [0.15, 0.2) is 11.6 Å². The molecular weight excluding hydrogens is 255 g/mol. The van der Waals surface area contributed by atoms with Crippen LogP contribution in [0.15, 0.2) is 42.7 Å². The molecule has 106 valence electrons. The topological polar surface area (TPSA) is 48.1 Å². The molecule has 0 bridgehead atoms. The van der Waals surface area contributed by atoms with Crippen molar-refractivity contribution in [3.8, 4) is 5.75 Å². The fourth-order valence-electron chi connectivity index (χ4n) is 2.01. The third-order valence-electron chi connectivity index (χ3n) is 3.28. The molecule has 3 nitrogen and oxygen atoms in total. The van der Waals surface area contributed by atoms with Crippen LogP contribution >= 0.6 is 0 Å². The van der Waals surface area contributed by atoms with E-state index in [2.05, 4.69) is 4.98 Å². The predicted molar refractivity (Wildman–Crippen MR) is 77.0 cm³/mol. The van der Waals surface area contributed by atoms with Crippen molar-refractivity contribution in [2.45, 2.75) is 32.4 Å². The number of hydrogen-bond donors (Lipinski definition) is 1. The number of halogens is 1. The Morgan fingerprint density at radius 1 is 1.30 bits per heavy atom. The maximum Gasteiger partial charge on any atom is 0.167 e. The van der Waals surface area contributed by atoms with Crippen molar-refractivity contribution >= 4 is 0 Å². The Morgan fingerprint density at radius 2 is 2.10 bits per heavy atom. The van der Waals surface area contributed by atoms with E-state index in [-0.39, 0.29) is 17.6 Å². The first kappa shape index (κ1) is 14.5. The highest BCUT2D eigenvalue weighted by Gasteiger charge is 2.22. The average molecular weight is 274 g/mol. The van der Waals surface area contributed by atoms with E-state index in [0.29, 0.717) is 5.56 Å². The second-order valence-electron chi connectivity index (χ2n) is 4.78. The Kier molecular flexibility index (Phi) is 4.69. The molecule has 2 atom stereocenters. The largest absolute Gasteiger partial charge is 0.481 e. The van der Waals surface area contributed by atoms with Gasteiger partial charge < -0.3 is 10.5 Å². The van der Waals surface area contributed by atoms with Crippen molar-refractivity contribution in [1.29, 1.82) is 0 Å². The maximum atomic E-state index is 14.1. The number of pyridine rings is 1. The third-order valence-corrected chi connectivity index (χ3v) is 3.28. The van der Waals surface area contributed by atoms with Crippen LogP contribution in [0.1, 0.15) is 30.6 Å². The van der Waals surface area contributed by atoms with Crippen molar-refractivity contribution in [2.75, 3.05) is 0 Å². The number of nitrogens with two attached hydrogens (primary N) is 1. The van der Waals surface area contributed by atoms with E-state index in [1.54, 1.807) is 37.5 Å². The molecule has 2 rings (SSSR count). The summed E-state index contributed by atoms with van der Waals surface area (Å²) in [5.74, 6) is -0.118. The number of ether oxygens (including phenoxy) is 1. The van der Waals surface area contributed by atoms with Gasteiger partial charge in [-0.05, 0) is 31.0 Å².